The molecule has 1 saturated carbocycles. The lowest BCUT2D eigenvalue weighted by atomic mass is 10.1. The third-order valence-corrected chi connectivity index (χ3v) is 6.60. The molecule has 1 aliphatic heterocycles. The fraction of sp³-hybridized carbons (Fsp3) is 0.429. The molecule has 0 atom stereocenters. The van der Waals surface area contributed by atoms with Gasteiger partial charge in [0.1, 0.15) is 22.6 Å². The predicted molar refractivity (Wildman–Crippen MR) is 110 cm³/mol. The zero-order valence-corrected chi connectivity index (χ0v) is 17.4. The van der Waals surface area contributed by atoms with Gasteiger partial charge in [-0.05, 0) is 37.1 Å². The van der Waals surface area contributed by atoms with Crippen molar-refractivity contribution in [2.45, 2.75) is 43.9 Å². The Morgan fingerprint density at radius 2 is 1.68 bits per heavy atom. The monoisotopic (exact) mass is 447 g/mol. The predicted octanol–water partition coefficient (Wildman–Crippen LogP) is 4.94. The molecule has 3 heterocycles. The number of benzene rings is 1. The van der Waals surface area contributed by atoms with Crippen molar-refractivity contribution in [3.8, 4) is 16.5 Å². The summed E-state index contributed by atoms with van der Waals surface area (Å²) in [5.74, 6) is 1.19. The Hall–Kier alpha value is -2.75. The van der Waals surface area contributed by atoms with Gasteiger partial charge in [0.2, 0.25) is 0 Å². The minimum Gasteiger partial charge on any atom is -0.490 e. The van der Waals surface area contributed by atoms with Gasteiger partial charge in [0.15, 0.2) is 10.8 Å². The van der Waals surface area contributed by atoms with E-state index in [0.29, 0.717) is 37.5 Å². The molecule has 2 aromatic heterocycles. The van der Waals surface area contributed by atoms with Gasteiger partial charge in [-0.1, -0.05) is 23.5 Å². The summed E-state index contributed by atoms with van der Waals surface area (Å²) in [7, 11) is 0. The Morgan fingerprint density at radius 1 is 0.903 bits per heavy atom. The molecule has 5 rings (SSSR count). The molecular weight excluding hydrogens is 427 g/mol. The number of hydrogen-bond donors (Lipinski definition) is 0. The van der Waals surface area contributed by atoms with E-state index in [9.17, 15) is 13.2 Å². The zero-order valence-electron chi connectivity index (χ0n) is 16.5. The van der Waals surface area contributed by atoms with Crippen LogP contribution >= 0.6 is 11.3 Å². The van der Waals surface area contributed by atoms with Crippen molar-refractivity contribution >= 4 is 17.2 Å². The van der Waals surface area contributed by atoms with Crippen LogP contribution in [-0.4, -0.2) is 39.6 Å². The topological polar surface area (TPSA) is 64.0 Å². The summed E-state index contributed by atoms with van der Waals surface area (Å²) in [6.45, 7) is 1.27. The summed E-state index contributed by atoms with van der Waals surface area (Å²) in [6, 6.07) is 9.15. The molecular formula is C21H20F3N5OS. The summed E-state index contributed by atoms with van der Waals surface area (Å²) >= 11 is 1.57. The smallest absolute Gasteiger partial charge is 0.419 e. The Bertz CT molecular complexity index is 1040. The maximum absolute atomic E-state index is 13.2. The lowest BCUT2D eigenvalue weighted by molar-refractivity contribution is -0.139. The minimum atomic E-state index is -4.43. The SMILES string of the molecule is FC(F)(F)c1ccccc1OC1CCN(c2ccc(-c3nnc(C4CC4)s3)nn2)CC1. The maximum Gasteiger partial charge on any atom is 0.419 e. The van der Waals surface area contributed by atoms with Crippen molar-refractivity contribution in [2.24, 2.45) is 0 Å². The summed E-state index contributed by atoms with van der Waals surface area (Å²) in [6.07, 6.45) is -1.12. The van der Waals surface area contributed by atoms with Crippen molar-refractivity contribution < 1.29 is 17.9 Å². The lowest BCUT2D eigenvalue weighted by Gasteiger charge is -2.33. The van der Waals surface area contributed by atoms with Crippen molar-refractivity contribution in [3.05, 3.63) is 47.0 Å². The van der Waals surface area contributed by atoms with E-state index in [2.05, 4.69) is 25.3 Å². The van der Waals surface area contributed by atoms with Gasteiger partial charge in [-0.2, -0.15) is 13.2 Å². The number of alkyl halides is 3. The average molecular weight is 447 g/mol. The normalized spacial score (nSPS) is 17.7. The molecule has 0 unspecified atom stereocenters. The quantitative estimate of drug-likeness (QED) is 0.552. The Balaban J connectivity index is 1.20. The summed E-state index contributed by atoms with van der Waals surface area (Å²) in [4.78, 5) is 2.07. The third kappa shape index (κ3) is 4.48. The fourth-order valence-electron chi connectivity index (χ4n) is 3.63. The first-order valence-electron chi connectivity index (χ1n) is 10.2. The van der Waals surface area contributed by atoms with Crippen molar-refractivity contribution in [2.75, 3.05) is 18.0 Å². The van der Waals surface area contributed by atoms with Gasteiger partial charge in [-0.15, -0.1) is 20.4 Å². The van der Waals surface area contributed by atoms with E-state index in [-0.39, 0.29) is 11.9 Å². The van der Waals surface area contributed by atoms with E-state index < -0.39 is 11.7 Å². The van der Waals surface area contributed by atoms with Crippen molar-refractivity contribution in [3.63, 3.8) is 0 Å². The fourth-order valence-corrected chi connectivity index (χ4v) is 4.60. The first kappa shape index (κ1) is 20.2. The number of halogens is 3. The van der Waals surface area contributed by atoms with Crippen molar-refractivity contribution in [1.82, 2.24) is 20.4 Å². The number of aromatic nitrogens is 4. The van der Waals surface area contributed by atoms with Gasteiger partial charge in [0.25, 0.3) is 0 Å². The minimum absolute atomic E-state index is 0.111. The number of piperidine rings is 1. The molecule has 0 amide bonds. The highest BCUT2D eigenvalue weighted by Crippen LogP contribution is 2.42. The van der Waals surface area contributed by atoms with Gasteiger partial charge >= 0.3 is 6.18 Å². The highest BCUT2D eigenvalue weighted by Gasteiger charge is 2.35. The van der Waals surface area contributed by atoms with E-state index in [4.69, 9.17) is 4.74 Å². The molecule has 6 nitrogen and oxygen atoms in total. The van der Waals surface area contributed by atoms with Crippen LogP contribution in [0, 0.1) is 0 Å². The van der Waals surface area contributed by atoms with E-state index in [1.54, 1.807) is 17.4 Å². The molecule has 162 valence electrons. The number of rotatable bonds is 5. The van der Waals surface area contributed by atoms with Gasteiger partial charge in [-0.3, -0.25) is 0 Å². The Kier molecular flexibility index (Phi) is 5.25. The molecule has 0 spiro atoms. The van der Waals surface area contributed by atoms with Crippen LogP contribution in [0.15, 0.2) is 36.4 Å². The largest absolute Gasteiger partial charge is 0.490 e. The molecule has 2 aliphatic rings. The van der Waals surface area contributed by atoms with Crippen LogP contribution in [0.2, 0.25) is 0 Å². The van der Waals surface area contributed by atoms with E-state index in [1.165, 1.54) is 25.0 Å². The van der Waals surface area contributed by atoms with Crippen LogP contribution in [0.3, 0.4) is 0 Å². The molecule has 1 aliphatic carbocycles. The molecule has 1 saturated heterocycles. The van der Waals surface area contributed by atoms with Gasteiger partial charge in [-0.25, -0.2) is 0 Å². The van der Waals surface area contributed by atoms with Crippen LogP contribution in [0.4, 0.5) is 19.0 Å². The molecule has 0 radical (unpaired) electrons. The summed E-state index contributed by atoms with van der Waals surface area (Å²) < 4.78 is 45.2. The number of ether oxygens (including phenoxy) is 1. The van der Waals surface area contributed by atoms with E-state index in [1.807, 2.05) is 12.1 Å². The second kappa shape index (κ2) is 8.07. The van der Waals surface area contributed by atoms with E-state index >= 15 is 0 Å². The van der Waals surface area contributed by atoms with Crippen LogP contribution in [0.25, 0.3) is 10.7 Å². The molecule has 10 heteroatoms. The molecule has 3 aromatic rings. The molecule has 0 bridgehead atoms. The van der Waals surface area contributed by atoms with E-state index in [0.717, 1.165) is 21.9 Å². The number of anilines is 1. The molecule has 1 aromatic carbocycles. The Morgan fingerprint density at radius 3 is 2.35 bits per heavy atom. The standard InChI is InChI=1S/C21H20F3N5OS/c22-21(23,24)15-3-1-2-4-17(15)30-14-9-11-29(12-10-14)18-8-7-16(25-26-18)20-28-27-19(31-20)13-5-6-13/h1-4,7-8,13-14H,5-6,9-12H2. The van der Waals surface area contributed by atoms with Crippen LogP contribution in [0.5, 0.6) is 5.75 Å². The molecule has 0 N–H and O–H groups in total. The molecule has 31 heavy (non-hydrogen) atoms. The number of para-hydroxylation sites is 1. The van der Waals surface area contributed by atoms with Crippen LogP contribution in [0.1, 0.15) is 42.2 Å². The van der Waals surface area contributed by atoms with Gasteiger partial charge in [0.05, 0.1) is 5.56 Å². The zero-order chi connectivity index (χ0) is 21.4. The molecule has 2 fully saturated rings. The first-order valence-corrected chi connectivity index (χ1v) is 11.0. The lowest BCUT2D eigenvalue weighted by Crippen LogP contribution is -2.39. The summed E-state index contributed by atoms with van der Waals surface area (Å²) in [5, 5.41) is 18.9. The highest BCUT2D eigenvalue weighted by molar-refractivity contribution is 7.14. The van der Waals surface area contributed by atoms with Gasteiger partial charge in [0, 0.05) is 31.8 Å². The first-order chi connectivity index (χ1) is 15.0. The van der Waals surface area contributed by atoms with Crippen LogP contribution in [-0.2, 0) is 6.18 Å². The second-order valence-corrected chi connectivity index (χ2v) is 8.80. The average Bonchev–Trinajstić information content (AvgIpc) is 3.51. The highest BCUT2D eigenvalue weighted by atomic mass is 32.1. The third-order valence-electron chi connectivity index (χ3n) is 5.49. The van der Waals surface area contributed by atoms with Crippen LogP contribution < -0.4 is 9.64 Å². The van der Waals surface area contributed by atoms with Gasteiger partial charge < -0.3 is 9.64 Å². The number of hydrogen-bond acceptors (Lipinski definition) is 7. The Labute approximate surface area is 181 Å². The van der Waals surface area contributed by atoms with Crippen molar-refractivity contribution in [1.29, 1.82) is 0 Å². The maximum atomic E-state index is 13.2. The summed E-state index contributed by atoms with van der Waals surface area (Å²) in [5.41, 5.74) is -0.0319. The number of nitrogens with zero attached hydrogens (tertiary/aromatic N) is 5. The second-order valence-electron chi connectivity index (χ2n) is 7.79.